The van der Waals surface area contributed by atoms with Gasteiger partial charge >= 0.3 is 5.69 Å². The number of halogens is 1. The Morgan fingerprint density at radius 3 is 2.94 bits per heavy atom. The molecule has 1 heterocycles. The van der Waals surface area contributed by atoms with Crippen LogP contribution in [0.2, 0.25) is 0 Å². The van der Waals surface area contributed by atoms with E-state index in [0.717, 1.165) is 6.20 Å². The Bertz CT molecular complexity index is 568. The zero-order valence-electron chi connectivity index (χ0n) is 8.81. The Morgan fingerprint density at radius 1 is 1.53 bits per heavy atom. The molecule has 0 aliphatic heterocycles. The van der Waals surface area contributed by atoms with Crippen LogP contribution in [-0.4, -0.2) is 22.2 Å². The number of aromatic amines is 1. The molecule has 17 heavy (non-hydrogen) atoms. The first-order valence-corrected chi connectivity index (χ1v) is 4.65. The predicted octanol–water partition coefficient (Wildman–Crippen LogP) is 2.13. The number of benzene rings is 1. The summed E-state index contributed by atoms with van der Waals surface area (Å²) in [5.41, 5.74) is -0.308. The molecule has 1 aromatic carbocycles. The lowest BCUT2D eigenvalue weighted by atomic mass is 10.1. The van der Waals surface area contributed by atoms with Gasteiger partial charge in [-0.25, -0.2) is 4.39 Å². The molecule has 0 saturated heterocycles. The molecule has 2 rings (SSSR count). The third kappa shape index (κ3) is 1.82. The van der Waals surface area contributed by atoms with Gasteiger partial charge in [-0.2, -0.15) is 5.10 Å². The van der Waals surface area contributed by atoms with Crippen molar-refractivity contribution in [2.24, 2.45) is 0 Å². The second-order valence-electron chi connectivity index (χ2n) is 3.20. The molecule has 0 unspecified atom stereocenters. The normalized spacial score (nSPS) is 10.2. The van der Waals surface area contributed by atoms with E-state index in [4.69, 9.17) is 4.74 Å². The van der Waals surface area contributed by atoms with Gasteiger partial charge in [-0.05, 0) is 12.1 Å². The van der Waals surface area contributed by atoms with Gasteiger partial charge in [0.25, 0.3) is 0 Å². The average molecular weight is 237 g/mol. The first-order chi connectivity index (χ1) is 8.15. The van der Waals surface area contributed by atoms with E-state index in [9.17, 15) is 14.5 Å². The first-order valence-electron chi connectivity index (χ1n) is 4.65. The third-order valence-electron chi connectivity index (χ3n) is 2.26. The molecular weight excluding hydrogens is 229 g/mol. The minimum Gasteiger partial charge on any atom is -0.496 e. The van der Waals surface area contributed by atoms with Gasteiger partial charge in [-0.1, -0.05) is 6.07 Å². The van der Waals surface area contributed by atoms with E-state index in [1.807, 2.05) is 0 Å². The topological polar surface area (TPSA) is 81.0 Å². The summed E-state index contributed by atoms with van der Waals surface area (Å²) in [5, 5.41) is 16.7. The number of ether oxygens (including phenoxy) is 1. The predicted molar refractivity (Wildman–Crippen MR) is 57.2 cm³/mol. The molecule has 7 heteroatoms. The molecule has 0 bridgehead atoms. The van der Waals surface area contributed by atoms with Gasteiger partial charge in [0, 0.05) is 0 Å². The number of methoxy groups -OCH3 is 1. The van der Waals surface area contributed by atoms with E-state index in [-0.39, 0.29) is 22.7 Å². The van der Waals surface area contributed by atoms with Crippen molar-refractivity contribution in [3.05, 3.63) is 40.3 Å². The van der Waals surface area contributed by atoms with E-state index >= 15 is 0 Å². The van der Waals surface area contributed by atoms with Gasteiger partial charge in [0.05, 0.1) is 17.6 Å². The monoisotopic (exact) mass is 237 g/mol. The summed E-state index contributed by atoms with van der Waals surface area (Å²) in [7, 11) is 1.36. The maximum absolute atomic E-state index is 13.7. The first kappa shape index (κ1) is 11.1. The summed E-state index contributed by atoms with van der Waals surface area (Å²) in [6.45, 7) is 0. The van der Waals surface area contributed by atoms with Crippen LogP contribution in [0.5, 0.6) is 5.75 Å². The van der Waals surface area contributed by atoms with E-state index in [1.165, 1.54) is 25.3 Å². The Balaban J connectivity index is 2.68. The Hall–Kier alpha value is -2.44. The van der Waals surface area contributed by atoms with Gasteiger partial charge in [-0.15, -0.1) is 0 Å². The van der Waals surface area contributed by atoms with Crippen molar-refractivity contribution in [2.45, 2.75) is 0 Å². The molecule has 0 aliphatic carbocycles. The molecule has 0 atom stereocenters. The quantitative estimate of drug-likeness (QED) is 0.654. The minimum atomic E-state index is -0.634. The van der Waals surface area contributed by atoms with Crippen molar-refractivity contribution < 1.29 is 14.1 Å². The number of nitrogens with one attached hydrogen (secondary N) is 1. The van der Waals surface area contributed by atoms with E-state index in [0.29, 0.717) is 0 Å². The second kappa shape index (κ2) is 4.20. The Morgan fingerprint density at radius 2 is 2.29 bits per heavy atom. The lowest BCUT2D eigenvalue weighted by Gasteiger charge is -2.06. The van der Waals surface area contributed by atoms with Crippen molar-refractivity contribution in [1.82, 2.24) is 10.2 Å². The fourth-order valence-corrected chi connectivity index (χ4v) is 1.52. The number of H-pyrrole nitrogens is 1. The molecule has 1 aromatic heterocycles. The number of hydrogen-bond donors (Lipinski definition) is 1. The van der Waals surface area contributed by atoms with Gasteiger partial charge < -0.3 is 4.74 Å². The summed E-state index contributed by atoms with van der Waals surface area (Å²) >= 11 is 0. The fourth-order valence-electron chi connectivity index (χ4n) is 1.52. The van der Waals surface area contributed by atoms with Gasteiger partial charge in [0.1, 0.15) is 23.5 Å². The van der Waals surface area contributed by atoms with Crippen LogP contribution in [0.15, 0.2) is 24.4 Å². The Kier molecular flexibility index (Phi) is 2.73. The maximum atomic E-state index is 13.7. The third-order valence-corrected chi connectivity index (χ3v) is 2.26. The summed E-state index contributed by atoms with van der Waals surface area (Å²) in [6.07, 6.45) is 1.03. The fraction of sp³-hybridized carbons (Fsp3) is 0.100. The van der Waals surface area contributed by atoms with Crippen molar-refractivity contribution in [1.29, 1.82) is 0 Å². The number of nitro groups is 1. The number of rotatable bonds is 3. The lowest BCUT2D eigenvalue weighted by Crippen LogP contribution is -1.95. The van der Waals surface area contributed by atoms with Crippen LogP contribution in [-0.2, 0) is 0 Å². The van der Waals surface area contributed by atoms with Crippen LogP contribution in [0.4, 0.5) is 10.1 Å². The van der Waals surface area contributed by atoms with Crippen LogP contribution < -0.4 is 4.74 Å². The van der Waals surface area contributed by atoms with E-state index in [2.05, 4.69) is 10.2 Å². The molecule has 1 N–H and O–H groups in total. The molecule has 88 valence electrons. The SMILES string of the molecule is COc1cccc(F)c1-c1[nH]ncc1[N+](=O)[O-]. The number of nitrogens with zero attached hydrogens (tertiary/aromatic N) is 2. The van der Waals surface area contributed by atoms with Gasteiger partial charge in [0.2, 0.25) is 0 Å². The lowest BCUT2D eigenvalue weighted by molar-refractivity contribution is -0.384. The maximum Gasteiger partial charge on any atom is 0.314 e. The second-order valence-corrected chi connectivity index (χ2v) is 3.20. The van der Waals surface area contributed by atoms with Crippen molar-refractivity contribution in [2.75, 3.05) is 7.11 Å². The molecule has 6 nitrogen and oxygen atoms in total. The molecule has 0 saturated carbocycles. The van der Waals surface area contributed by atoms with Crippen LogP contribution in [0.1, 0.15) is 0 Å². The molecule has 0 spiro atoms. The van der Waals surface area contributed by atoms with Crippen LogP contribution in [0.3, 0.4) is 0 Å². The summed E-state index contributed by atoms with van der Waals surface area (Å²) < 4.78 is 18.7. The highest BCUT2D eigenvalue weighted by Crippen LogP contribution is 2.36. The number of aromatic nitrogens is 2. The molecule has 2 aromatic rings. The largest absolute Gasteiger partial charge is 0.496 e. The van der Waals surface area contributed by atoms with Crippen molar-refractivity contribution in [3.63, 3.8) is 0 Å². The number of hydrogen-bond acceptors (Lipinski definition) is 4. The van der Waals surface area contributed by atoms with Crippen LogP contribution >= 0.6 is 0 Å². The summed E-state index contributed by atoms with van der Waals surface area (Å²) in [5.74, 6) is -0.408. The highest BCUT2D eigenvalue weighted by molar-refractivity contribution is 5.74. The summed E-state index contributed by atoms with van der Waals surface area (Å²) in [6, 6.07) is 4.17. The van der Waals surface area contributed by atoms with Crippen molar-refractivity contribution >= 4 is 5.69 Å². The average Bonchev–Trinajstić information content (AvgIpc) is 2.77. The van der Waals surface area contributed by atoms with Gasteiger partial charge in [-0.3, -0.25) is 15.2 Å². The molecule has 0 radical (unpaired) electrons. The molecular formula is C10H8FN3O3. The van der Waals surface area contributed by atoms with Crippen LogP contribution in [0, 0.1) is 15.9 Å². The molecule has 0 amide bonds. The summed E-state index contributed by atoms with van der Waals surface area (Å²) in [4.78, 5) is 10.1. The van der Waals surface area contributed by atoms with E-state index < -0.39 is 10.7 Å². The van der Waals surface area contributed by atoms with E-state index in [1.54, 1.807) is 0 Å². The smallest absolute Gasteiger partial charge is 0.314 e. The molecule has 0 fully saturated rings. The highest BCUT2D eigenvalue weighted by atomic mass is 19.1. The highest BCUT2D eigenvalue weighted by Gasteiger charge is 2.23. The standard InChI is InChI=1S/C10H8FN3O3/c1-17-8-4-2-3-6(11)9(8)10-7(14(15)16)5-12-13-10/h2-5H,1H3,(H,12,13). The molecule has 0 aliphatic rings. The zero-order chi connectivity index (χ0) is 12.4. The Labute approximate surface area is 95.2 Å². The van der Waals surface area contributed by atoms with Gasteiger partial charge in [0.15, 0.2) is 0 Å². The minimum absolute atomic E-state index is 0.000741. The van der Waals surface area contributed by atoms with Crippen molar-refractivity contribution in [3.8, 4) is 17.0 Å². The van der Waals surface area contributed by atoms with Crippen LogP contribution in [0.25, 0.3) is 11.3 Å². The zero-order valence-corrected chi connectivity index (χ0v) is 8.81.